The lowest BCUT2D eigenvalue weighted by Gasteiger charge is -2.48. The summed E-state index contributed by atoms with van der Waals surface area (Å²) in [6.45, 7) is 5.55. The average Bonchev–Trinajstić information content (AvgIpc) is 2.86. The molecule has 1 aliphatic heterocycles. The lowest BCUT2D eigenvalue weighted by Crippen LogP contribution is -2.57. The molecule has 3 heteroatoms. The van der Waals surface area contributed by atoms with Crippen molar-refractivity contribution in [1.82, 2.24) is 0 Å². The van der Waals surface area contributed by atoms with Crippen LogP contribution in [0.2, 0.25) is 0 Å². The Hall–Kier alpha value is -0.120. The van der Waals surface area contributed by atoms with E-state index in [1.807, 2.05) is 6.92 Å². The molecule has 3 aliphatic rings. The van der Waals surface area contributed by atoms with Crippen molar-refractivity contribution in [2.24, 2.45) is 11.3 Å². The van der Waals surface area contributed by atoms with E-state index in [9.17, 15) is 5.11 Å². The van der Waals surface area contributed by atoms with Gasteiger partial charge in [0.2, 0.25) is 0 Å². The molecule has 0 aromatic rings. The zero-order valence-electron chi connectivity index (χ0n) is 10.3. The van der Waals surface area contributed by atoms with Crippen molar-refractivity contribution >= 4 is 0 Å². The van der Waals surface area contributed by atoms with Crippen LogP contribution >= 0.6 is 0 Å². The van der Waals surface area contributed by atoms with Gasteiger partial charge in [0.05, 0.1) is 24.2 Å². The van der Waals surface area contributed by atoms with Crippen molar-refractivity contribution in [3.8, 4) is 0 Å². The summed E-state index contributed by atoms with van der Waals surface area (Å²) >= 11 is 0. The van der Waals surface area contributed by atoms with Crippen molar-refractivity contribution in [3.05, 3.63) is 0 Å². The molecule has 3 nitrogen and oxygen atoms in total. The number of hydrogen-bond donors (Lipinski definition) is 1. The standard InChI is InChI=1S/C13H22O3/c1-10-4-7-12(5-3-6-13(10,12)14)11(2)15-8-9-16-11/h10,14H,3-9H2,1-2H3/t10-,12+,13+/m0/s1. The van der Waals surface area contributed by atoms with Crippen LogP contribution in [0.25, 0.3) is 0 Å². The number of fused-ring (bicyclic) bond motifs is 1. The van der Waals surface area contributed by atoms with Crippen molar-refractivity contribution in [2.45, 2.75) is 57.3 Å². The fraction of sp³-hybridized carbons (Fsp3) is 1.00. The Morgan fingerprint density at radius 1 is 1.12 bits per heavy atom. The van der Waals surface area contributed by atoms with Crippen LogP contribution in [0.1, 0.15) is 46.0 Å². The molecule has 3 rings (SSSR count). The van der Waals surface area contributed by atoms with Crippen molar-refractivity contribution in [1.29, 1.82) is 0 Å². The molecular weight excluding hydrogens is 204 g/mol. The smallest absolute Gasteiger partial charge is 0.174 e. The summed E-state index contributed by atoms with van der Waals surface area (Å²) in [5, 5.41) is 11.0. The predicted octanol–water partition coefficient (Wildman–Crippen LogP) is 2.08. The molecule has 0 spiro atoms. The molecular formula is C13H22O3. The second kappa shape index (κ2) is 3.21. The second-order valence-electron chi connectivity index (χ2n) is 5.94. The highest BCUT2D eigenvalue weighted by Crippen LogP contribution is 2.65. The van der Waals surface area contributed by atoms with Crippen molar-refractivity contribution < 1.29 is 14.6 Å². The van der Waals surface area contributed by atoms with Crippen LogP contribution in [0.3, 0.4) is 0 Å². The van der Waals surface area contributed by atoms with Gasteiger partial charge in [-0.05, 0) is 44.9 Å². The van der Waals surface area contributed by atoms with Gasteiger partial charge in [0.15, 0.2) is 5.79 Å². The van der Waals surface area contributed by atoms with Gasteiger partial charge in [-0.3, -0.25) is 0 Å². The van der Waals surface area contributed by atoms with Crippen LogP contribution in [0.5, 0.6) is 0 Å². The molecule has 3 fully saturated rings. The SMILES string of the molecule is C[C@H]1CC[C@@]2(C3(C)OCCO3)CCC[C@@]12O. The zero-order chi connectivity index (χ0) is 11.4. The first-order valence-electron chi connectivity index (χ1n) is 6.54. The number of hydrogen-bond acceptors (Lipinski definition) is 3. The average molecular weight is 226 g/mol. The Balaban J connectivity index is 2.03. The Morgan fingerprint density at radius 2 is 1.81 bits per heavy atom. The quantitative estimate of drug-likeness (QED) is 0.744. The normalized spacial score (nSPS) is 50.8. The van der Waals surface area contributed by atoms with E-state index in [0.717, 1.165) is 32.1 Å². The van der Waals surface area contributed by atoms with Crippen LogP contribution in [0.15, 0.2) is 0 Å². The maximum absolute atomic E-state index is 11.0. The molecule has 0 unspecified atom stereocenters. The largest absolute Gasteiger partial charge is 0.389 e. The van der Waals surface area contributed by atoms with E-state index in [2.05, 4.69) is 6.92 Å². The Labute approximate surface area is 97.1 Å². The number of aliphatic hydroxyl groups is 1. The molecule has 1 heterocycles. The van der Waals surface area contributed by atoms with Crippen LogP contribution in [-0.2, 0) is 9.47 Å². The molecule has 0 bridgehead atoms. The first kappa shape index (κ1) is 11.0. The van der Waals surface area contributed by atoms with E-state index in [-0.39, 0.29) is 5.41 Å². The van der Waals surface area contributed by atoms with Gasteiger partial charge in [0, 0.05) is 0 Å². The van der Waals surface area contributed by atoms with Gasteiger partial charge in [-0.25, -0.2) is 0 Å². The molecule has 0 aromatic heterocycles. The van der Waals surface area contributed by atoms with Crippen LogP contribution in [0.4, 0.5) is 0 Å². The summed E-state index contributed by atoms with van der Waals surface area (Å²) in [6.07, 6.45) is 5.20. The van der Waals surface area contributed by atoms with E-state index in [1.54, 1.807) is 0 Å². The van der Waals surface area contributed by atoms with Gasteiger partial charge in [0.1, 0.15) is 0 Å². The van der Waals surface area contributed by atoms with E-state index >= 15 is 0 Å². The first-order valence-corrected chi connectivity index (χ1v) is 6.54. The molecule has 92 valence electrons. The number of ether oxygens (including phenoxy) is 2. The minimum Gasteiger partial charge on any atom is -0.389 e. The maximum Gasteiger partial charge on any atom is 0.174 e. The summed E-state index contributed by atoms with van der Waals surface area (Å²) in [5.41, 5.74) is -0.720. The Morgan fingerprint density at radius 3 is 2.50 bits per heavy atom. The Kier molecular flexibility index (Phi) is 2.21. The summed E-state index contributed by atoms with van der Waals surface area (Å²) in [7, 11) is 0. The van der Waals surface area contributed by atoms with Gasteiger partial charge in [-0.1, -0.05) is 6.92 Å². The molecule has 16 heavy (non-hydrogen) atoms. The molecule has 0 radical (unpaired) electrons. The fourth-order valence-corrected chi connectivity index (χ4v) is 4.51. The minimum atomic E-state index is -0.563. The summed E-state index contributed by atoms with van der Waals surface area (Å²) in [6, 6.07) is 0. The molecule has 2 saturated carbocycles. The molecule has 3 atom stereocenters. The summed E-state index contributed by atoms with van der Waals surface area (Å²) in [4.78, 5) is 0. The fourth-order valence-electron chi connectivity index (χ4n) is 4.51. The molecule has 0 amide bonds. The van der Waals surface area contributed by atoms with Crippen molar-refractivity contribution in [3.63, 3.8) is 0 Å². The topological polar surface area (TPSA) is 38.7 Å². The third-order valence-corrected chi connectivity index (χ3v) is 5.52. The highest BCUT2D eigenvalue weighted by atomic mass is 16.7. The molecule has 2 aliphatic carbocycles. The third-order valence-electron chi connectivity index (χ3n) is 5.52. The second-order valence-corrected chi connectivity index (χ2v) is 5.94. The lowest BCUT2D eigenvalue weighted by molar-refractivity contribution is -0.267. The van der Waals surface area contributed by atoms with E-state index in [0.29, 0.717) is 19.1 Å². The van der Waals surface area contributed by atoms with Gasteiger partial charge in [0.25, 0.3) is 0 Å². The van der Waals surface area contributed by atoms with Crippen LogP contribution in [-0.4, -0.2) is 29.7 Å². The van der Waals surface area contributed by atoms with E-state index < -0.39 is 11.4 Å². The highest BCUT2D eigenvalue weighted by molar-refractivity contribution is 5.16. The molecule has 1 saturated heterocycles. The van der Waals surface area contributed by atoms with E-state index in [4.69, 9.17) is 9.47 Å². The maximum atomic E-state index is 11.0. The minimum absolute atomic E-state index is 0.157. The van der Waals surface area contributed by atoms with Crippen LogP contribution in [0, 0.1) is 11.3 Å². The first-order chi connectivity index (χ1) is 7.54. The molecule has 1 N–H and O–H groups in total. The van der Waals surface area contributed by atoms with Crippen LogP contribution < -0.4 is 0 Å². The monoisotopic (exact) mass is 226 g/mol. The van der Waals surface area contributed by atoms with Gasteiger partial charge in [-0.2, -0.15) is 0 Å². The summed E-state index contributed by atoms with van der Waals surface area (Å²) in [5.74, 6) is -0.178. The highest BCUT2D eigenvalue weighted by Gasteiger charge is 2.69. The predicted molar refractivity (Wildman–Crippen MR) is 59.9 cm³/mol. The lowest BCUT2D eigenvalue weighted by atomic mass is 9.69. The van der Waals surface area contributed by atoms with Gasteiger partial charge >= 0.3 is 0 Å². The van der Waals surface area contributed by atoms with E-state index in [1.165, 1.54) is 0 Å². The summed E-state index contributed by atoms with van der Waals surface area (Å²) < 4.78 is 11.7. The van der Waals surface area contributed by atoms with Gasteiger partial charge < -0.3 is 14.6 Å². The third kappa shape index (κ3) is 1.05. The van der Waals surface area contributed by atoms with Crippen molar-refractivity contribution in [2.75, 3.05) is 13.2 Å². The zero-order valence-corrected chi connectivity index (χ0v) is 10.3. The Bertz CT molecular complexity index is 298. The number of rotatable bonds is 1. The molecule has 0 aromatic carbocycles. The van der Waals surface area contributed by atoms with Gasteiger partial charge in [-0.15, -0.1) is 0 Å².